The normalized spacial score (nSPS) is 14.9. The summed E-state index contributed by atoms with van der Waals surface area (Å²) in [7, 11) is 0. The van der Waals surface area contributed by atoms with Crippen molar-refractivity contribution < 1.29 is 14.6 Å². The van der Waals surface area contributed by atoms with Crippen LogP contribution in [0.5, 0.6) is 0 Å². The van der Waals surface area contributed by atoms with Gasteiger partial charge in [-0.15, -0.1) is 11.8 Å². The van der Waals surface area contributed by atoms with Gasteiger partial charge in [0.1, 0.15) is 0 Å². The Morgan fingerprint density at radius 1 is 1.43 bits per heavy atom. The van der Waals surface area contributed by atoms with E-state index < -0.39 is 10.9 Å². The van der Waals surface area contributed by atoms with E-state index in [1.165, 1.54) is 0 Å². The lowest BCUT2D eigenvalue weighted by molar-refractivity contribution is -0.156. The standard InChI is InChI=1S/C10H20O3S/c1-4-6-7-8-13-9(11)10(12,5-2)14-3/h12H,4-8H2,1-3H3. The minimum Gasteiger partial charge on any atom is -0.463 e. The molecule has 0 fully saturated rings. The van der Waals surface area contributed by atoms with Crippen LogP contribution in [0.3, 0.4) is 0 Å². The Morgan fingerprint density at radius 3 is 2.50 bits per heavy atom. The molecule has 0 saturated carbocycles. The van der Waals surface area contributed by atoms with Crippen molar-refractivity contribution in [3.8, 4) is 0 Å². The summed E-state index contributed by atoms with van der Waals surface area (Å²) in [5, 5.41) is 9.74. The van der Waals surface area contributed by atoms with Crippen molar-refractivity contribution in [2.45, 2.75) is 44.5 Å². The van der Waals surface area contributed by atoms with E-state index in [1.54, 1.807) is 13.2 Å². The molecule has 0 aromatic carbocycles. The number of hydrogen-bond acceptors (Lipinski definition) is 4. The Morgan fingerprint density at radius 2 is 2.07 bits per heavy atom. The lowest BCUT2D eigenvalue weighted by Gasteiger charge is -2.21. The highest BCUT2D eigenvalue weighted by molar-refractivity contribution is 8.00. The van der Waals surface area contributed by atoms with Gasteiger partial charge < -0.3 is 9.84 Å². The van der Waals surface area contributed by atoms with E-state index in [0.29, 0.717) is 13.0 Å². The summed E-state index contributed by atoms with van der Waals surface area (Å²) in [6.45, 7) is 4.27. The van der Waals surface area contributed by atoms with Gasteiger partial charge in [-0.3, -0.25) is 0 Å². The van der Waals surface area contributed by atoms with E-state index >= 15 is 0 Å². The highest BCUT2D eigenvalue weighted by Crippen LogP contribution is 2.24. The predicted octanol–water partition coefficient (Wildman–Crippen LogP) is 2.18. The first kappa shape index (κ1) is 13.8. The van der Waals surface area contributed by atoms with Gasteiger partial charge in [0.25, 0.3) is 0 Å². The molecule has 0 bridgehead atoms. The Bertz CT molecular complexity index is 167. The molecule has 14 heavy (non-hydrogen) atoms. The van der Waals surface area contributed by atoms with E-state index in [1.807, 2.05) is 0 Å². The molecule has 1 unspecified atom stereocenters. The van der Waals surface area contributed by atoms with Crippen molar-refractivity contribution in [2.75, 3.05) is 12.9 Å². The van der Waals surface area contributed by atoms with Gasteiger partial charge in [0, 0.05) is 0 Å². The fourth-order valence-electron chi connectivity index (χ4n) is 1.00. The molecule has 0 rings (SSSR count). The van der Waals surface area contributed by atoms with E-state index in [9.17, 15) is 9.90 Å². The number of carbonyl (C=O) groups excluding carboxylic acids is 1. The number of thioether (sulfide) groups is 1. The maximum Gasteiger partial charge on any atom is 0.348 e. The number of esters is 1. The predicted molar refractivity (Wildman–Crippen MR) is 59.2 cm³/mol. The van der Waals surface area contributed by atoms with Crippen LogP contribution >= 0.6 is 11.8 Å². The Labute approximate surface area is 90.2 Å². The third-order valence-electron chi connectivity index (χ3n) is 2.12. The van der Waals surface area contributed by atoms with Crippen LogP contribution in [0.1, 0.15) is 39.5 Å². The van der Waals surface area contributed by atoms with Gasteiger partial charge in [0.2, 0.25) is 4.93 Å². The van der Waals surface area contributed by atoms with Crippen molar-refractivity contribution in [1.82, 2.24) is 0 Å². The second-order valence-electron chi connectivity index (χ2n) is 3.19. The van der Waals surface area contributed by atoms with Crippen molar-refractivity contribution in [1.29, 1.82) is 0 Å². The van der Waals surface area contributed by atoms with E-state index in [4.69, 9.17) is 4.74 Å². The summed E-state index contributed by atoms with van der Waals surface area (Å²) in [6.07, 6.45) is 5.10. The molecule has 0 aliphatic carbocycles. The molecule has 0 saturated heterocycles. The number of carbonyl (C=O) groups is 1. The summed E-state index contributed by atoms with van der Waals surface area (Å²) in [6, 6.07) is 0. The average molecular weight is 220 g/mol. The van der Waals surface area contributed by atoms with Crippen molar-refractivity contribution >= 4 is 17.7 Å². The number of rotatable bonds is 7. The van der Waals surface area contributed by atoms with Gasteiger partial charge in [-0.05, 0) is 19.1 Å². The fraction of sp³-hybridized carbons (Fsp3) is 0.900. The van der Waals surface area contributed by atoms with Crippen LogP contribution in [0.15, 0.2) is 0 Å². The Hall–Kier alpha value is -0.220. The second kappa shape index (κ2) is 7.12. The van der Waals surface area contributed by atoms with Crippen LogP contribution in [0.4, 0.5) is 0 Å². The molecular weight excluding hydrogens is 200 g/mol. The molecule has 0 spiro atoms. The maximum absolute atomic E-state index is 11.4. The first-order chi connectivity index (χ1) is 6.60. The first-order valence-electron chi connectivity index (χ1n) is 5.05. The minimum absolute atomic E-state index is 0.376. The van der Waals surface area contributed by atoms with Crippen LogP contribution in [0.25, 0.3) is 0 Å². The third-order valence-corrected chi connectivity index (χ3v) is 3.25. The monoisotopic (exact) mass is 220 g/mol. The molecular formula is C10H20O3S. The molecule has 1 N–H and O–H groups in total. The molecule has 0 aliphatic heterocycles. The Balaban J connectivity index is 3.82. The zero-order valence-electron chi connectivity index (χ0n) is 9.21. The molecule has 0 aromatic rings. The number of hydrogen-bond donors (Lipinski definition) is 1. The van der Waals surface area contributed by atoms with Gasteiger partial charge in [-0.1, -0.05) is 26.7 Å². The zero-order valence-corrected chi connectivity index (χ0v) is 10.0. The molecule has 0 aromatic heterocycles. The zero-order chi connectivity index (χ0) is 11.0. The third kappa shape index (κ3) is 4.33. The smallest absolute Gasteiger partial charge is 0.348 e. The molecule has 0 radical (unpaired) electrons. The van der Waals surface area contributed by atoms with Crippen molar-refractivity contribution in [2.24, 2.45) is 0 Å². The van der Waals surface area contributed by atoms with Crippen LogP contribution in [-0.2, 0) is 9.53 Å². The molecule has 0 aliphatic rings. The van der Waals surface area contributed by atoms with Crippen LogP contribution in [0, 0.1) is 0 Å². The second-order valence-corrected chi connectivity index (χ2v) is 4.27. The fourth-order valence-corrected chi connectivity index (χ4v) is 1.52. The molecule has 4 heteroatoms. The summed E-state index contributed by atoms with van der Waals surface area (Å²) >= 11 is 1.13. The van der Waals surface area contributed by atoms with E-state index in [2.05, 4.69) is 6.92 Å². The molecule has 0 heterocycles. The van der Waals surface area contributed by atoms with Crippen molar-refractivity contribution in [3.63, 3.8) is 0 Å². The highest BCUT2D eigenvalue weighted by atomic mass is 32.2. The van der Waals surface area contributed by atoms with Gasteiger partial charge in [0.15, 0.2) is 0 Å². The minimum atomic E-state index is -1.35. The van der Waals surface area contributed by atoms with Crippen LogP contribution in [0.2, 0.25) is 0 Å². The number of aliphatic hydroxyl groups is 1. The van der Waals surface area contributed by atoms with Gasteiger partial charge in [-0.25, -0.2) is 4.79 Å². The van der Waals surface area contributed by atoms with Crippen LogP contribution < -0.4 is 0 Å². The molecule has 1 atom stereocenters. The molecule has 3 nitrogen and oxygen atoms in total. The molecule has 0 amide bonds. The largest absolute Gasteiger partial charge is 0.463 e. The SMILES string of the molecule is CCCCCOC(=O)C(O)(CC)SC. The maximum atomic E-state index is 11.4. The van der Waals surface area contributed by atoms with Crippen molar-refractivity contribution in [3.05, 3.63) is 0 Å². The quantitative estimate of drug-likeness (QED) is 0.406. The topological polar surface area (TPSA) is 46.5 Å². The number of ether oxygens (including phenoxy) is 1. The average Bonchev–Trinajstić information content (AvgIpc) is 2.22. The van der Waals surface area contributed by atoms with E-state index in [0.717, 1.165) is 31.0 Å². The lowest BCUT2D eigenvalue weighted by Crippen LogP contribution is -2.35. The van der Waals surface area contributed by atoms with Gasteiger partial charge in [0.05, 0.1) is 6.61 Å². The number of unbranched alkanes of at least 4 members (excludes halogenated alkanes) is 2. The van der Waals surface area contributed by atoms with Gasteiger partial charge >= 0.3 is 5.97 Å². The Kier molecular flexibility index (Phi) is 7.01. The van der Waals surface area contributed by atoms with E-state index in [-0.39, 0.29) is 0 Å². The summed E-state index contributed by atoms with van der Waals surface area (Å²) < 4.78 is 4.98. The summed E-state index contributed by atoms with van der Waals surface area (Å²) in [5.41, 5.74) is 0. The van der Waals surface area contributed by atoms with Gasteiger partial charge in [-0.2, -0.15) is 0 Å². The van der Waals surface area contributed by atoms with Crippen LogP contribution in [-0.4, -0.2) is 28.9 Å². The highest BCUT2D eigenvalue weighted by Gasteiger charge is 2.34. The molecule has 84 valence electrons. The summed E-state index contributed by atoms with van der Waals surface area (Å²) in [4.78, 5) is 10.0. The lowest BCUT2D eigenvalue weighted by atomic mass is 10.2. The first-order valence-corrected chi connectivity index (χ1v) is 6.28. The summed E-state index contributed by atoms with van der Waals surface area (Å²) in [5.74, 6) is -0.511.